The molecule has 0 saturated carbocycles. The van der Waals surface area contributed by atoms with Gasteiger partial charge in [-0.15, -0.1) is 0 Å². The quantitative estimate of drug-likeness (QED) is 0.702. The molecular formula is C22H25N3O5. The lowest BCUT2D eigenvalue weighted by molar-refractivity contribution is -0.136. The van der Waals surface area contributed by atoms with Crippen LogP contribution in [0.5, 0.6) is 5.75 Å². The summed E-state index contributed by atoms with van der Waals surface area (Å²) in [5.74, 6) is -1.06. The van der Waals surface area contributed by atoms with E-state index < -0.39 is 11.8 Å². The molecule has 8 nitrogen and oxygen atoms in total. The molecule has 0 spiro atoms. The largest absolute Gasteiger partial charge is 0.496 e. The van der Waals surface area contributed by atoms with Crippen molar-refractivity contribution in [3.8, 4) is 5.75 Å². The smallest absolute Gasteiger partial charge is 0.313 e. The Morgan fingerprint density at radius 2 is 1.70 bits per heavy atom. The van der Waals surface area contributed by atoms with E-state index in [0.717, 1.165) is 11.3 Å². The van der Waals surface area contributed by atoms with Crippen molar-refractivity contribution in [3.05, 3.63) is 59.7 Å². The number of nitrogens with one attached hydrogen (secondary N) is 2. The zero-order chi connectivity index (χ0) is 21.3. The third kappa shape index (κ3) is 5.36. The average molecular weight is 411 g/mol. The number of hydrogen-bond acceptors (Lipinski definition) is 5. The van der Waals surface area contributed by atoms with E-state index in [2.05, 4.69) is 10.6 Å². The summed E-state index contributed by atoms with van der Waals surface area (Å²) in [7, 11) is 1.58. The summed E-state index contributed by atoms with van der Waals surface area (Å²) in [5.41, 5.74) is 1.58. The Balaban J connectivity index is 1.57. The fourth-order valence-electron chi connectivity index (χ4n) is 3.19. The summed E-state index contributed by atoms with van der Waals surface area (Å²) in [6.07, 6.45) is 0.523. The van der Waals surface area contributed by atoms with Crippen LogP contribution in [0.15, 0.2) is 48.5 Å². The molecular weight excluding hydrogens is 386 g/mol. The second-order valence-electron chi connectivity index (χ2n) is 6.72. The van der Waals surface area contributed by atoms with Gasteiger partial charge in [-0.25, -0.2) is 0 Å². The molecule has 1 aliphatic rings. The Kier molecular flexibility index (Phi) is 7.40. The van der Waals surface area contributed by atoms with Gasteiger partial charge in [-0.2, -0.15) is 0 Å². The van der Waals surface area contributed by atoms with Crippen LogP contribution in [0.1, 0.15) is 15.9 Å². The van der Waals surface area contributed by atoms with Gasteiger partial charge >= 0.3 is 11.8 Å². The Labute approximate surface area is 175 Å². The fourth-order valence-corrected chi connectivity index (χ4v) is 3.19. The second-order valence-corrected chi connectivity index (χ2v) is 6.72. The number of hydrogen-bond donors (Lipinski definition) is 2. The Morgan fingerprint density at radius 3 is 2.47 bits per heavy atom. The third-order valence-corrected chi connectivity index (χ3v) is 4.78. The predicted octanol–water partition coefficient (Wildman–Crippen LogP) is 1.46. The van der Waals surface area contributed by atoms with Crippen LogP contribution in [0.3, 0.4) is 0 Å². The van der Waals surface area contributed by atoms with Crippen LogP contribution in [-0.2, 0) is 20.7 Å². The first-order valence-electron chi connectivity index (χ1n) is 9.77. The van der Waals surface area contributed by atoms with Crippen molar-refractivity contribution in [2.45, 2.75) is 6.42 Å². The van der Waals surface area contributed by atoms with Gasteiger partial charge in [0.05, 0.1) is 31.6 Å². The number of nitrogens with zero attached hydrogens (tertiary/aromatic N) is 1. The average Bonchev–Trinajstić information content (AvgIpc) is 2.79. The van der Waals surface area contributed by atoms with Gasteiger partial charge in [0.15, 0.2) is 0 Å². The van der Waals surface area contributed by atoms with Gasteiger partial charge in [-0.3, -0.25) is 14.4 Å². The molecule has 1 aliphatic heterocycles. The number of ether oxygens (including phenoxy) is 2. The van der Waals surface area contributed by atoms with E-state index in [4.69, 9.17) is 9.47 Å². The molecule has 3 amide bonds. The lowest BCUT2D eigenvalue weighted by Gasteiger charge is -2.27. The number of rotatable bonds is 6. The molecule has 0 unspecified atom stereocenters. The summed E-state index contributed by atoms with van der Waals surface area (Å²) in [4.78, 5) is 39.0. The van der Waals surface area contributed by atoms with Crippen molar-refractivity contribution in [2.75, 3.05) is 45.3 Å². The summed E-state index contributed by atoms with van der Waals surface area (Å²) in [6, 6.07) is 14.1. The van der Waals surface area contributed by atoms with Crippen LogP contribution >= 0.6 is 0 Å². The number of carbonyl (C=O) groups is 3. The van der Waals surface area contributed by atoms with Crippen LogP contribution in [0.2, 0.25) is 0 Å². The van der Waals surface area contributed by atoms with Crippen molar-refractivity contribution < 1.29 is 23.9 Å². The molecule has 0 atom stereocenters. The molecule has 0 radical (unpaired) electrons. The highest BCUT2D eigenvalue weighted by atomic mass is 16.5. The van der Waals surface area contributed by atoms with Gasteiger partial charge in [-0.05, 0) is 30.2 Å². The van der Waals surface area contributed by atoms with Crippen molar-refractivity contribution >= 4 is 23.4 Å². The van der Waals surface area contributed by atoms with Gasteiger partial charge in [0.1, 0.15) is 5.75 Å². The molecule has 1 fully saturated rings. The Bertz CT molecular complexity index is 909. The standard InChI is InChI=1S/C22H25N3O5/c1-29-19-9-5-2-6-16(19)10-11-23-20(26)21(27)24-18-8-4-3-7-17(18)22(28)25-12-14-30-15-13-25/h2-9H,10-15H2,1H3,(H,23,26)(H,24,27). The SMILES string of the molecule is COc1ccccc1CCNC(=O)C(=O)Nc1ccccc1C(=O)N1CCOCC1. The lowest BCUT2D eigenvalue weighted by Crippen LogP contribution is -2.41. The molecule has 8 heteroatoms. The van der Waals surface area contributed by atoms with Crippen LogP contribution in [0.4, 0.5) is 5.69 Å². The number of para-hydroxylation sites is 2. The lowest BCUT2D eigenvalue weighted by atomic mass is 10.1. The van der Waals surface area contributed by atoms with Gasteiger partial charge in [-0.1, -0.05) is 30.3 Å². The maximum absolute atomic E-state index is 12.8. The maximum atomic E-state index is 12.8. The fraction of sp³-hybridized carbons (Fsp3) is 0.318. The van der Waals surface area contributed by atoms with Crippen LogP contribution in [0.25, 0.3) is 0 Å². The number of anilines is 1. The highest BCUT2D eigenvalue weighted by Crippen LogP contribution is 2.19. The minimum atomic E-state index is -0.822. The van der Waals surface area contributed by atoms with Gasteiger partial charge < -0.3 is 25.0 Å². The first kappa shape index (κ1) is 21.3. The van der Waals surface area contributed by atoms with E-state index >= 15 is 0 Å². The van der Waals surface area contributed by atoms with Crippen molar-refractivity contribution in [3.63, 3.8) is 0 Å². The zero-order valence-electron chi connectivity index (χ0n) is 16.8. The topological polar surface area (TPSA) is 97.0 Å². The van der Waals surface area contributed by atoms with E-state index in [0.29, 0.717) is 44.0 Å². The van der Waals surface area contributed by atoms with Gasteiger partial charge in [0, 0.05) is 19.6 Å². The van der Waals surface area contributed by atoms with E-state index in [9.17, 15) is 14.4 Å². The normalized spacial score (nSPS) is 13.4. The molecule has 1 saturated heterocycles. The van der Waals surface area contributed by atoms with Gasteiger partial charge in [0.2, 0.25) is 0 Å². The first-order chi connectivity index (χ1) is 14.6. The molecule has 2 N–H and O–H groups in total. The summed E-state index contributed by atoms with van der Waals surface area (Å²) >= 11 is 0. The monoisotopic (exact) mass is 411 g/mol. The van der Waals surface area contributed by atoms with Crippen LogP contribution in [0, 0.1) is 0 Å². The maximum Gasteiger partial charge on any atom is 0.313 e. The third-order valence-electron chi connectivity index (χ3n) is 4.78. The molecule has 2 aromatic carbocycles. The van der Waals surface area contributed by atoms with Gasteiger partial charge in [0.25, 0.3) is 5.91 Å². The number of carbonyl (C=O) groups excluding carboxylic acids is 3. The first-order valence-corrected chi connectivity index (χ1v) is 9.77. The molecule has 1 heterocycles. The molecule has 2 aromatic rings. The number of morpholine rings is 1. The predicted molar refractivity (Wildman–Crippen MR) is 112 cm³/mol. The van der Waals surface area contributed by atoms with E-state index in [1.54, 1.807) is 36.3 Å². The van der Waals surface area contributed by atoms with E-state index in [-0.39, 0.29) is 12.5 Å². The van der Waals surface area contributed by atoms with E-state index in [1.807, 2.05) is 24.3 Å². The van der Waals surface area contributed by atoms with Crippen molar-refractivity contribution in [1.29, 1.82) is 0 Å². The van der Waals surface area contributed by atoms with Crippen LogP contribution < -0.4 is 15.4 Å². The highest BCUT2D eigenvalue weighted by molar-refractivity contribution is 6.40. The number of amides is 3. The minimum absolute atomic E-state index is 0.203. The van der Waals surface area contributed by atoms with Crippen LogP contribution in [-0.4, -0.2) is 62.6 Å². The molecule has 30 heavy (non-hydrogen) atoms. The molecule has 158 valence electrons. The summed E-state index contributed by atoms with van der Waals surface area (Å²) in [6.45, 7) is 2.22. The van der Waals surface area contributed by atoms with E-state index in [1.165, 1.54) is 0 Å². The summed E-state index contributed by atoms with van der Waals surface area (Å²) in [5, 5.41) is 5.14. The Morgan fingerprint density at radius 1 is 1.00 bits per heavy atom. The zero-order valence-corrected chi connectivity index (χ0v) is 16.8. The molecule has 0 aromatic heterocycles. The highest BCUT2D eigenvalue weighted by Gasteiger charge is 2.22. The Hall–Kier alpha value is -3.39. The number of benzene rings is 2. The van der Waals surface area contributed by atoms with Crippen molar-refractivity contribution in [2.24, 2.45) is 0 Å². The number of methoxy groups -OCH3 is 1. The van der Waals surface area contributed by atoms with Crippen molar-refractivity contribution in [1.82, 2.24) is 10.2 Å². The second kappa shape index (κ2) is 10.4. The molecule has 0 aliphatic carbocycles. The molecule has 0 bridgehead atoms. The summed E-state index contributed by atoms with van der Waals surface area (Å²) < 4.78 is 10.6. The minimum Gasteiger partial charge on any atom is -0.496 e. The molecule has 3 rings (SSSR count).